The largest absolute Gasteiger partial charge is 0.393 e. The first kappa shape index (κ1) is 19.3. The molecule has 0 aliphatic carbocycles. The average molecular weight is 388 g/mol. The van der Waals surface area contributed by atoms with Crippen LogP contribution < -0.4 is 5.32 Å². The van der Waals surface area contributed by atoms with Crippen LogP contribution in [0.4, 0.5) is 10.3 Å². The molecule has 8 heteroatoms. The number of aryl methyl sites for hydroxylation is 1. The van der Waals surface area contributed by atoms with E-state index in [9.17, 15) is 14.3 Å². The van der Waals surface area contributed by atoms with Crippen LogP contribution in [0.2, 0.25) is 0 Å². The van der Waals surface area contributed by atoms with Gasteiger partial charge in [0.25, 0.3) is 0 Å². The maximum Gasteiger partial charge on any atom is 0.224 e. The minimum atomic E-state index is -0.547. The second-order valence-electron chi connectivity index (χ2n) is 6.58. The molecule has 2 N–H and O–H groups in total. The zero-order valence-corrected chi connectivity index (χ0v) is 16.2. The Hall–Kier alpha value is -2.45. The average Bonchev–Trinajstić information content (AvgIpc) is 2.98. The third-order valence-electron chi connectivity index (χ3n) is 4.12. The molecule has 0 fully saturated rings. The fourth-order valence-electron chi connectivity index (χ4n) is 2.70. The standard InChI is InChI=1S/C19H21FN4O2S/c1-10(25)4-5-16(26)17-18-15(6-11(2)27-18)23-19(24-17)22-12(3)13-7-14(20)9-21-8-13/h6-10,12,25H,4-5H2,1-3H3,(H,22,23,24)/t10-,12-/m0/s1. The van der Waals surface area contributed by atoms with E-state index in [1.54, 1.807) is 13.1 Å². The molecule has 0 radical (unpaired) electrons. The Bertz CT molecular complexity index is 973. The number of hydrogen-bond acceptors (Lipinski definition) is 7. The number of hydrogen-bond donors (Lipinski definition) is 2. The van der Waals surface area contributed by atoms with Gasteiger partial charge in [-0.05, 0) is 44.9 Å². The molecule has 0 saturated heterocycles. The number of anilines is 1. The fourth-order valence-corrected chi connectivity index (χ4v) is 3.66. The van der Waals surface area contributed by atoms with Crippen molar-refractivity contribution in [3.8, 4) is 0 Å². The minimum absolute atomic E-state index is 0.131. The Morgan fingerprint density at radius 2 is 2.07 bits per heavy atom. The second kappa shape index (κ2) is 8.06. The first-order valence-electron chi connectivity index (χ1n) is 8.70. The van der Waals surface area contributed by atoms with Crippen LogP contribution in [0.15, 0.2) is 24.5 Å². The summed E-state index contributed by atoms with van der Waals surface area (Å²) in [5.74, 6) is -0.245. The summed E-state index contributed by atoms with van der Waals surface area (Å²) >= 11 is 1.47. The SMILES string of the molecule is Cc1cc2nc(N[C@@H](C)c3cncc(F)c3)nc(C(=O)CC[C@H](C)O)c2s1. The number of pyridine rings is 1. The van der Waals surface area contributed by atoms with Crippen LogP contribution in [-0.2, 0) is 0 Å². The number of Topliss-reactive ketones (excluding diaryl/α,β-unsaturated/α-hetero) is 1. The summed E-state index contributed by atoms with van der Waals surface area (Å²) in [4.78, 5) is 26.4. The van der Waals surface area contributed by atoms with Crippen LogP contribution in [-0.4, -0.2) is 31.9 Å². The monoisotopic (exact) mass is 388 g/mol. The highest BCUT2D eigenvalue weighted by Gasteiger charge is 2.19. The lowest BCUT2D eigenvalue weighted by atomic mass is 10.1. The molecule has 0 saturated carbocycles. The number of aliphatic hydroxyl groups excluding tert-OH is 1. The number of nitrogens with zero attached hydrogens (tertiary/aromatic N) is 3. The molecule has 27 heavy (non-hydrogen) atoms. The molecule has 142 valence electrons. The third-order valence-corrected chi connectivity index (χ3v) is 5.17. The van der Waals surface area contributed by atoms with Gasteiger partial charge < -0.3 is 10.4 Å². The van der Waals surface area contributed by atoms with E-state index in [0.29, 0.717) is 29.1 Å². The van der Waals surface area contributed by atoms with Gasteiger partial charge in [0.1, 0.15) is 11.5 Å². The number of carbonyl (C=O) groups excluding carboxylic acids is 1. The van der Waals surface area contributed by atoms with Crippen molar-refractivity contribution >= 4 is 33.3 Å². The summed E-state index contributed by atoms with van der Waals surface area (Å²) in [6, 6.07) is 3.02. The summed E-state index contributed by atoms with van der Waals surface area (Å²) in [6.45, 7) is 5.45. The molecule has 0 bridgehead atoms. The smallest absolute Gasteiger partial charge is 0.224 e. The van der Waals surface area contributed by atoms with E-state index in [1.165, 1.54) is 17.4 Å². The van der Waals surface area contributed by atoms with Crippen LogP contribution in [0.1, 0.15) is 53.7 Å². The molecule has 0 unspecified atom stereocenters. The molecule has 0 aromatic carbocycles. The molecule has 0 aliphatic rings. The van der Waals surface area contributed by atoms with Crippen molar-refractivity contribution in [2.45, 2.75) is 45.8 Å². The number of nitrogens with one attached hydrogen (secondary N) is 1. The highest BCUT2D eigenvalue weighted by Crippen LogP contribution is 2.29. The van der Waals surface area contributed by atoms with Crippen LogP contribution in [0, 0.1) is 12.7 Å². The van der Waals surface area contributed by atoms with Gasteiger partial charge in [0.15, 0.2) is 5.78 Å². The van der Waals surface area contributed by atoms with E-state index < -0.39 is 11.9 Å². The van der Waals surface area contributed by atoms with E-state index >= 15 is 0 Å². The topological polar surface area (TPSA) is 88.0 Å². The number of aliphatic hydroxyl groups is 1. The van der Waals surface area contributed by atoms with Gasteiger partial charge in [-0.15, -0.1) is 11.3 Å². The van der Waals surface area contributed by atoms with Gasteiger partial charge in [0, 0.05) is 17.5 Å². The molecule has 0 spiro atoms. The van der Waals surface area contributed by atoms with Gasteiger partial charge >= 0.3 is 0 Å². The first-order chi connectivity index (χ1) is 12.8. The van der Waals surface area contributed by atoms with Crippen molar-refractivity contribution < 1.29 is 14.3 Å². The maximum atomic E-state index is 13.4. The second-order valence-corrected chi connectivity index (χ2v) is 7.84. The molecule has 3 heterocycles. The van der Waals surface area contributed by atoms with E-state index in [2.05, 4.69) is 20.3 Å². The number of ketones is 1. The van der Waals surface area contributed by atoms with Crippen molar-refractivity contribution in [1.82, 2.24) is 15.0 Å². The van der Waals surface area contributed by atoms with E-state index in [-0.39, 0.29) is 18.2 Å². The minimum Gasteiger partial charge on any atom is -0.393 e. The van der Waals surface area contributed by atoms with Crippen molar-refractivity contribution in [2.24, 2.45) is 0 Å². The third kappa shape index (κ3) is 4.64. The zero-order chi connectivity index (χ0) is 19.6. The quantitative estimate of drug-likeness (QED) is 0.594. The van der Waals surface area contributed by atoms with Crippen molar-refractivity contribution in [1.29, 1.82) is 0 Å². The predicted molar refractivity (Wildman–Crippen MR) is 104 cm³/mol. The van der Waals surface area contributed by atoms with Crippen LogP contribution in [0.3, 0.4) is 0 Å². The van der Waals surface area contributed by atoms with Crippen LogP contribution in [0.5, 0.6) is 0 Å². The number of fused-ring (bicyclic) bond motifs is 1. The predicted octanol–water partition coefficient (Wildman–Crippen LogP) is 4.05. The van der Waals surface area contributed by atoms with Gasteiger partial charge in [0.05, 0.1) is 28.6 Å². The highest BCUT2D eigenvalue weighted by molar-refractivity contribution is 7.19. The summed E-state index contributed by atoms with van der Waals surface area (Å²) in [5, 5.41) is 12.6. The van der Waals surface area contributed by atoms with Crippen molar-refractivity contribution in [3.63, 3.8) is 0 Å². The van der Waals surface area contributed by atoms with E-state index in [0.717, 1.165) is 15.8 Å². The van der Waals surface area contributed by atoms with Crippen LogP contribution >= 0.6 is 11.3 Å². The maximum absolute atomic E-state index is 13.4. The summed E-state index contributed by atoms with van der Waals surface area (Å²) < 4.78 is 14.2. The molecular weight excluding hydrogens is 367 g/mol. The van der Waals surface area contributed by atoms with Gasteiger partial charge in [-0.3, -0.25) is 9.78 Å². The van der Waals surface area contributed by atoms with Crippen molar-refractivity contribution in [3.05, 3.63) is 46.5 Å². The number of rotatable bonds is 7. The van der Waals surface area contributed by atoms with Gasteiger partial charge in [0.2, 0.25) is 5.95 Å². The lowest BCUT2D eigenvalue weighted by Crippen LogP contribution is -2.13. The molecule has 3 aromatic heterocycles. The fraction of sp³-hybridized carbons (Fsp3) is 0.368. The van der Waals surface area contributed by atoms with E-state index in [4.69, 9.17) is 0 Å². The number of thiophene rings is 1. The van der Waals surface area contributed by atoms with Gasteiger partial charge in [-0.25, -0.2) is 14.4 Å². The molecule has 3 aromatic rings. The Morgan fingerprint density at radius 3 is 2.78 bits per heavy atom. The Balaban J connectivity index is 1.92. The first-order valence-corrected chi connectivity index (χ1v) is 9.51. The summed E-state index contributed by atoms with van der Waals surface area (Å²) in [6.07, 6.45) is 2.76. The molecule has 0 aliphatic heterocycles. The summed E-state index contributed by atoms with van der Waals surface area (Å²) in [5.41, 5.74) is 1.70. The molecule has 2 atom stereocenters. The Labute approximate surface area is 160 Å². The van der Waals surface area contributed by atoms with E-state index in [1.807, 2.05) is 19.9 Å². The molecular formula is C19H21FN4O2S. The molecule has 0 amide bonds. The zero-order valence-electron chi connectivity index (χ0n) is 15.4. The number of carbonyl (C=O) groups is 1. The van der Waals surface area contributed by atoms with Gasteiger partial charge in [-0.1, -0.05) is 0 Å². The normalized spacial score (nSPS) is 13.5. The van der Waals surface area contributed by atoms with Gasteiger partial charge in [-0.2, -0.15) is 0 Å². The lowest BCUT2D eigenvalue weighted by Gasteiger charge is -2.15. The van der Waals surface area contributed by atoms with Crippen LogP contribution in [0.25, 0.3) is 10.2 Å². The Morgan fingerprint density at radius 1 is 1.30 bits per heavy atom. The molecule has 6 nitrogen and oxygen atoms in total. The van der Waals surface area contributed by atoms with Crippen molar-refractivity contribution in [2.75, 3.05) is 5.32 Å². The number of halogens is 1. The Kier molecular flexibility index (Phi) is 5.76. The lowest BCUT2D eigenvalue weighted by molar-refractivity contribution is 0.0946. The highest BCUT2D eigenvalue weighted by atomic mass is 32.1. The molecule has 3 rings (SSSR count). The number of aromatic nitrogens is 3. The summed E-state index contributed by atoms with van der Waals surface area (Å²) in [7, 11) is 0.